The summed E-state index contributed by atoms with van der Waals surface area (Å²) in [4.78, 5) is 23.9. The van der Waals surface area contributed by atoms with Crippen molar-refractivity contribution >= 4 is 22.9 Å². The van der Waals surface area contributed by atoms with Crippen molar-refractivity contribution in [3.8, 4) is 0 Å². The zero-order valence-corrected chi connectivity index (χ0v) is 10.8. The minimum atomic E-state index is -0.153. The van der Waals surface area contributed by atoms with E-state index in [-0.39, 0.29) is 11.1 Å². The molecule has 5 heteroatoms. The molecule has 0 aromatic heterocycles. The van der Waals surface area contributed by atoms with Gasteiger partial charge in [-0.25, -0.2) is 0 Å². The summed E-state index contributed by atoms with van der Waals surface area (Å²) in [6.07, 6.45) is 0. The summed E-state index contributed by atoms with van der Waals surface area (Å²) >= 11 is 1.04. The third-order valence-corrected chi connectivity index (χ3v) is 2.90. The minimum Gasteiger partial charge on any atom is -0.352 e. The zero-order valence-electron chi connectivity index (χ0n) is 9.95. The van der Waals surface area contributed by atoms with Gasteiger partial charge in [-0.05, 0) is 37.7 Å². The van der Waals surface area contributed by atoms with Crippen LogP contribution in [-0.4, -0.2) is 24.2 Å². The average Bonchev–Trinajstić information content (AvgIpc) is 2.30. The number of carbonyl (C=O) groups excluding carboxylic acids is 2. The van der Waals surface area contributed by atoms with Crippen molar-refractivity contribution in [1.82, 2.24) is 10.6 Å². The van der Waals surface area contributed by atoms with E-state index in [1.54, 1.807) is 18.2 Å². The lowest BCUT2D eigenvalue weighted by Gasteiger charge is -2.08. The maximum absolute atomic E-state index is 11.7. The van der Waals surface area contributed by atoms with Gasteiger partial charge in [-0.15, -0.1) is 0 Å². The maximum atomic E-state index is 11.7. The Hall–Kier alpha value is -1.49. The summed E-state index contributed by atoms with van der Waals surface area (Å²) in [5.74, 6) is -0.153. The van der Waals surface area contributed by atoms with Crippen LogP contribution in [-0.2, 0) is 0 Å². The number of amides is 2. The molecule has 2 amide bonds. The number of rotatable bonds is 4. The van der Waals surface area contributed by atoms with Crippen molar-refractivity contribution in [2.24, 2.45) is 0 Å². The highest BCUT2D eigenvalue weighted by molar-refractivity contribution is 8.13. The van der Waals surface area contributed by atoms with Crippen LogP contribution in [0.3, 0.4) is 0 Å². The third-order valence-electron chi connectivity index (χ3n) is 1.99. The monoisotopic (exact) mass is 252 g/mol. The van der Waals surface area contributed by atoms with Gasteiger partial charge in [-0.2, -0.15) is 0 Å². The first kappa shape index (κ1) is 13.6. The van der Waals surface area contributed by atoms with E-state index >= 15 is 0 Å². The van der Waals surface area contributed by atoms with E-state index in [4.69, 9.17) is 0 Å². The lowest BCUT2D eigenvalue weighted by Crippen LogP contribution is -2.24. The molecule has 4 nitrogen and oxygen atoms in total. The number of thioether (sulfide) groups is 1. The fraction of sp³-hybridized carbons (Fsp3) is 0.333. The average molecular weight is 252 g/mol. The van der Waals surface area contributed by atoms with E-state index < -0.39 is 0 Å². The molecule has 0 bridgehead atoms. The van der Waals surface area contributed by atoms with Gasteiger partial charge in [0.25, 0.3) is 11.1 Å². The van der Waals surface area contributed by atoms with Crippen molar-refractivity contribution < 1.29 is 9.59 Å². The molecule has 1 aromatic carbocycles. The van der Waals surface area contributed by atoms with Gasteiger partial charge in [0.2, 0.25) is 0 Å². The van der Waals surface area contributed by atoms with Gasteiger partial charge in [0.05, 0.1) is 5.56 Å². The first-order valence-electron chi connectivity index (χ1n) is 5.52. The number of benzene rings is 1. The Morgan fingerprint density at radius 1 is 1.12 bits per heavy atom. The topological polar surface area (TPSA) is 58.2 Å². The van der Waals surface area contributed by atoms with Crippen molar-refractivity contribution in [1.29, 1.82) is 0 Å². The van der Waals surface area contributed by atoms with Gasteiger partial charge in [0.1, 0.15) is 0 Å². The maximum Gasteiger partial charge on any atom is 0.283 e. The summed E-state index contributed by atoms with van der Waals surface area (Å²) in [5, 5.41) is 5.26. The van der Waals surface area contributed by atoms with E-state index in [1.807, 2.05) is 19.9 Å². The Kier molecular flexibility index (Phi) is 5.56. The van der Waals surface area contributed by atoms with Crippen LogP contribution in [0.2, 0.25) is 0 Å². The molecule has 0 aliphatic heterocycles. The van der Waals surface area contributed by atoms with Crippen molar-refractivity contribution in [2.75, 3.05) is 13.1 Å². The molecule has 0 atom stereocenters. The van der Waals surface area contributed by atoms with Gasteiger partial charge < -0.3 is 10.6 Å². The number of nitrogens with one attached hydrogen (secondary N) is 2. The van der Waals surface area contributed by atoms with E-state index in [9.17, 15) is 9.59 Å². The van der Waals surface area contributed by atoms with Crippen LogP contribution in [0.5, 0.6) is 0 Å². The molecule has 0 aliphatic carbocycles. The largest absolute Gasteiger partial charge is 0.352 e. The van der Waals surface area contributed by atoms with Crippen molar-refractivity contribution in [3.05, 3.63) is 29.8 Å². The van der Waals surface area contributed by atoms with Crippen LogP contribution >= 0.6 is 11.8 Å². The minimum absolute atomic E-state index is 0.149. The molecule has 0 aliphatic rings. The summed E-state index contributed by atoms with van der Waals surface area (Å²) in [6, 6.07) is 7.08. The summed E-state index contributed by atoms with van der Waals surface area (Å²) in [6.45, 7) is 4.86. The van der Waals surface area contributed by atoms with Gasteiger partial charge in [0.15, 0.2) is 0 Å². The molecule has 0 fully saturated rings. The Morgan fingerprint density at radius 2 is 1.76 bits per heavy atom. The quantitative estimate of drug-likeness (QED) is 0.808. The number of hydrogen-bond acceptors (Lipinski definition) is 3. The lowest BCUT2D eigenvalue weighted by molar-refractivity contribution is 0.0953. The number of hydrogen-bond donors (Lipinski definition) is 2. The molecule has 92 valence electrons. The fourth-order valence-electron chi connectivity index (χ4n) is 1.28. The molecule has 1 rings (SSSR count). The first-order valence-corrected chi connectivity index (χ1v) is 6.33. The standard InChI is InChI=1S/C12H16N2O2S/c1-3-13-11(15)9-7-5-6-8-10(9)17-12(16)14-4-2/h5-8H,3-4H2,1-2H3,(H,13,15)(H,14,16). The van der Waals surface area contributed by atoms with Gasteiger partial charge in [0, 0.05) is 18.0 Å². The highest BCUT2D eigenvalue weighted by atomic mass is 32.2. The summed E-state index contributed by atoms with van der Waals surface area (Å²) in [5.41, 5.74) is 0.533. The van der Waals surface area contributed by atoms with E-state index in [0.29, 0.717) is 23.5 Å². The number of carbonyl (C=O) groups is 2. The molecule has 0 spiro atoms. The highest BCUT2D eigenvalue weighted by Crippen LogP contribution is 2.23. The highest BCUT2D eigenvalue weighted by Gasteiger charge is 2.13. The van der Waals surface area contributed by atoms with E-state index in [2.05, 4.69) is 10.6 Å². The molecule has 0 radical (unpaired) electrons. The molecule has 0 unspecified atom stereocenters. The molecule has 0 heterocycles. The van der Waals surface area contributed by atoms with Crippen LogP contribution in [0.4, 0.5) is 4.79 Å². The molecule has 17 heavy (non-hydrogen) atoms. The molecular formula is C12H16N2O2S. The lowest BCUT2D eigenvalue weighted by atomic mass is 10.2. The van der Waals surface area contributed by atoms with Crippen LogP contribution < -0.4 is 10.6 Å². The Labute approximate surface area is 105 Å². The van der Waals surface area contributed by atoms with Gasteiger partial charge >= 0.3 is 0 Å². The van der Waals surface area contributed by atoms with Gasteiger partial charge in [-0.3, -0.25) is 9.59 Å². The molecular weight excluding hydrogens is 236 g/mol. The normalized spacial score (nSPS) is 9.76. The second kappa shape index (κ2) is 6.96. The predicted octanol–water partition coefficient (Wildman–Crippen LogP) is 2.26. The van der Waals surface area contributed by atoms with Crippen molar-refractivity contribution in [2.45, 2.75) is 18.7 Å². The first-order chi connectivity index (χ1) is 8.19. The Bertz CT molecular complexity index is 407. The van der Waals surface area contributed by atoms with E-state index in [1.165, 1.54) is 0 Å². The molecule has 1 aromatic rings. The van der Waals surface area contributed by atoms with Crippen LogP contribution in [0, 0.1) is 0 Å². The summed E-state index contributed by atoms with van der Waals surface area (Å²) < 4.78 is 0. The predicted molar refractivity (Wildman–Crippen MR) is 69.4 cm³/mol. The van der Waals surface area contributed by atoms with E-state index in [0.717, 1.165) is 11.8 Å². The Balaban J connectivity index is 2.84. The van der Waals surface area contributed by atoms with Crippen LogP contribution in [0.15, 0.2) is 29.2 Å². The van der Waals surface area contributed by atoms with Crippen LogP contribution in [0.25, 0.3) is 0 Å². The third kappa shape index (κ3) is 4.11. The SMILES string of the molecule is CCNC(=O)Sc1ccccc1C(=O)NCC. The van der Waals surface area contributed by atoms with Gasteiger partial charge in [-0.1, -0.05) is 12.1 Å². The molecule has 0 saturated heterocycles. The summed E-state index contributed by atoms with van der Waals surface area (Å²) in [7, 11) is 0. The smallest absolute Gasteiger partial charge is 0.283 e. The molecule has 2 N–H and O–H groups in total. The van der Waals surface area contributed by atoms with Crippen LogP contribution in [0.1, 0.15) is 24.2 Å². The second-order valence-electron chi connectivity index (χ2n) is 3.28. The molecule has 0 saturated carbocycles. The zero-order chi connectivity index (χ0) is 12.7. The van der Waals surface area contributed by atoms with Crippen molar-refractivity contribution in [3.63, 3.8) is 0 Å². The second-order valence-corrected chi connectivity index (χ2v) is 4.29. The Morgan fingerprint density at radius 3 is 2.41 bits per heavy atom. The fourth-order valence-corrected chi connectivity index (χ4v) is 2.11.